The number of hydrogen-bond donors (Lipinski definition) is 2. The van der Waals surface area contributed by atoms with Crippen molar-refractivity contribution < 1.29 is 47.2 Å². The van der Waals surface area contributed by atoms with Crippen LogP contribution < -0.4 is 14.2 Å². The summed E-state index contributed by atoms with van der Waals surface area (Å²) in [5.74, 6) is -4.15. The molecule has 2 aromatic carbocycles. The highest BCUT2D eigenvalue weighted by molar-refractivity contribution is 5.98. The number of benzene rings is 2. The summed E-state index contributed by atoms with van der Waals surface area (Å²) in [7, 11) is 1.22. The number of rotatable bonds is 9. The zero-order chi connectivity index (χ0) is 23.9. The van der Waals surface area contributed by atoms with E-state index in [9.17, 15) is 33.0 Å². The van der Waals surface area contributed by atoms with E-state index in [2.05, 4.69) is 4.74 Å². The first-order chi connectivity index (χ1) is 14.9. The Kier molecular flexibility index (Phi) is 8.01. The number of carbonyl (C=O) groups excluding carboxylic acids is 2. The molecule has 0 saturated heterocycles. The lowest BCUT2D eigenvalue weighted by atomic mass is 10.1. The number of esters is 1. The van der Waals surface area contributed by atoms with Crippen molar-refractivity contribution in [2.75, 3.05) is 13.7 Å². The van der Waals surface area contributed by atoms with Crippen molar-refractivity contribution in [3.8, 4) is 17.2 Å². The first-order valence-electron chi connectivity index (χ1n) is 9.32. The molecule has 0 unspecified atom stereocenters. The molecule has 0 heterocycles. The summed E-state index contributed by atoms with van der Waals surface area (Å²) in [6, 6.07) is 9.57. The molecule has 0 aliphatic rings. The van der Waals surface area contributed by atoms with Gasteiger partial charge in [-0.25, -0.2) is 4.79 Å². The molecule has 2 aromatic rings. The molecule has 0 bridgehead atoms. The standard InChI is InChI=1S/C22H21F3O7/c1-3-21(28,29)19(26)11-6-14-4-8-16(9-5-14)32-20(27)15-7-10-17(18(12-15)30-2)31-13-22(23,24)25/h4-12,28-29H,3,13H2,1-2H3/b11-6+. The van der Waals surface area contributed by atoms with E-state index in [-0.39, 0.29) is 29.2 Å². The van der Waals surface area contributed by atoms with Crippen LogP contribution in [0.3, 0.4) is 0 Å². The minimum Gasteiger partial charge on any atom is -0.493 e. The van der Waals surface area contributed by atoms with E-state index in [0.717, 1.165) is 6.08 Å². The fourth-order valence-electron chi connectivity index (χ4n) is 2.37. The second-order valence-electron chi connectivity index (χ2n) is 6.60. The van der Waals surface area contributed by atoms with Crippen molar-refractivity contribution in [1.29, 1.82) is 0 Å². The molecular formula is C22H21F3O7. The topological polar surface area (TPSA) is 102 Å². The summed E-state index contributed by atoms with van der Waals surface area (Å²) < 4.78 is 51.8. The number of methoxy groups -OCH3 is 1. The van der Waals surface area contributed by atoms with Crippen molar-refractivity contribution in [3.63, 3.8) is 0 Å². The van der Waals surface area contributed by atoms with Gasteiger partial charge in [0.05, 0.1) is 12.7 Å². The Hall–Kier alpha value is -3.37. The van der Waals surface area contributed by atoms with Gasteiger partial charge in [0.1, 0.15) is 5.75 Å². The Labute approximate surface area is 181 Å². The van der Waals surface area contributed by atoms with Gasteiger partial charge in [0.15, 0.2) is 18.1 Å². The molecule has 0 aromatic heterocycles. The average molecular weight is 454 g/mol. The van der Waals surface area contributed by atoms with Crippen LogP contribution in [0.5, 0.6) is 17.2 Å². The molecule has 0 aliphatic heterocycles. The molecule has 2 rings (SSSR count). The third-order valence-electron chi connectivity index (χ3n) is 4.20. The van der Waals surface area contributed by atoms with E-state index in [0.29, 0.717) is 5.56 Å². The Balaban J connectivity index is 2.05. The molecule has 0 fully saturated rings. The van der Waals surface area contributed by atoms with E-state index in [1.807, 2.05) is 0 Å². The van der Waals surface area contributed by atoms with Crippen LogP contribution in [0.1, 0.15) is 29.3 Å². The number of ether oxygens (including phenoxy) is 3. The lowest BCUT2D eigenvalue weighted by Crippen LogP contribution is -2.36. The smallest absolute Gasteiger partial charge is 0.422 e. The Morgan fingerprint density at radius 3 is 2.25 bits per heavy atom. The summed E-state index contributed by atoms with van der Waals surface area (Å²) in [6.07, 6.45) is -2.29. The van der Waals surface area contributed by atoms with Crippen LogP contribution >= 0.6 is 0 Å². The number of halogens is 3. The summed E-state index contributed by atoms with van der Waals surface area (Å²) >= 11 is 0. The molecule has 10 heteroatoms. The van der Waals surface area contributed by atoms with Crippen LogP contribution in [0.4, 0.5) is 13.2 Å². The summed E-state index contributed by atoms with van der Waals surface area (Å²) in [5.41, 5.74) is 0.565. The van der Waals surface area contributed by atoms with Crippen LogP contribution in [0.15, 0.2) is 48.5 Å². The highest BCUT2D eigenvalue weighted by Gasteiger charge is 2.29. The predicted octanol–water partition coefficient (Wildman–Crippen LogP) is 3.53. The summed E-state index contributed by atoms with van der Waals surface area (Å²) in [4.78, 5) is 24.0. The maximum atomic E-state index is 12.3. The average Bonchev–Trinajstić information content (AvgIpc) is 2.76. The van der Waals surface area contributed by atoms with E-state index >= 15 is 0 Å². The Morgan fingerprint density at radius 2 is 1.69 bits per heavy atom. The highest BCUT2D eigenvalue weighted by Crippen LogP contribution is 2.30. The molecule has 0 amide bonds. The van der Waals surface area contributed by atoms with Gasteiger partial charge in [-0.05, 0) is 42.0 Å². The molecular weight excluding hydrogens is 433 g/mol. The molecule has 0 saturated carbocycles. The predicted molar refractivity (Wildman–Crippen MR) is 107 cm³/mol. The van der Waals surface area contributed by atoms with Crippen LogP contribution in [-0.4, -0.2) is 47.6 Å². The third-order valence-corrected chi connectivity index (χ3v) is 4.20. The minimum absolute atomic E-state index is 0.0255. The maximum absolute atomic E-state index is 12.3. The zero-order valence-electron chi connectivity index (χ0n) is 17.2. The molecule has 0 radical (unpaired) electrons. The highest BCUT2D eigenvalue weighted by atomic mass is 19.4. The van der Waals surface area contributed by atoms with Gasteiger partial charge < -0.3 is 24.4 Å². The number of aliphatic hydroxyl groups is 2. The van der Waals surface area contributed by atoms with Crippen molar-refractivity contribution >= 4 is 17.8 Å². The third kappa shape index (κ3) is 7.10. The number of ketones is 1. The SMILES string of the molecule is CCC(O)(O)C(=O)/C=C/c1ccc(OC(=O)c2ccc(OCC(F)(F)F)c(OC)c2)cc1. The number of alkyl halides is 3. The van der Waals surface area contributed by atoms with E-state index in [1.54, 1.807) is 0 Å². The van der Waals surface area contributed by atoms with Crippen LogP contribution in [0.25, 0.3) is 6.08 Å². The summed E-state index contributed by atoms with van der Waals surface area (Å²) in [5, 5.41) is 18.9. The van der Waals surface area contributed by atoms with E-state index in [4.69, 9.17) is 9.47 Å². The largest absolute Gasteiger partial charge is 0.493 e. The van der Waals surface area contributed by atoms with Gasteiger partial charge in [-0.15, -0.1) is 0 Å². The minimum atomic E-state index is -4.52. The zero-order valence-corrected chi connectivity index (χ0v) is 17.2. The first-order valence-corrected chi connectivity index (χ1v) is 9.32. The second-order valence-corrected chi connectivity index (χ2v) is 6.60. The van der Waals surface area contributed by atoms with Gasteiger partial charge in [-0.1, -0.05) is 25.1 Å². The van der Waals surface area contributed by atoms with Gasteiger partial charge in [0.2, 0.25) is 11.6 Å². The number of carbonyl (C=O) groups is 2. The fraction of sp³-hybridized carbons (Fsp3) is 0.273. The van der Waals surface area contributed by atoms with Crippen LogP contribution in [-0.2, 0) is 4.79 Å². The first kappa shape index (κ1) is 24.9. The van der Waals surface area contributed by atoms with Crippen molar-refractivity contribution in [2.45, 2.75) is 25.3 Å². The maximum Gasteiger partial charge on any atom is 0.422 e. The van der Waals surface area contributed by atoms with Gasteiger partial charge in [-0.2, -0.15) is 13.2 Å². The Morgan fingerprint density at radius 1 is 1.03 bits per heavy atom. The van der Waals surface area contributed by atoms with Crippen molar-refractivity contribution in [1.82, 2.24) is 0 Å². The van der Waals surface area contributed by atoms with Crippen molar-refractivity contribution in [2.24, 2.45) is 0 Å². The van der Waals surface area contributed by atoms with Gasteiger partial charge >= 0.3 is 12.1 Å². The molecule has 0 aliphatic carbocycles. The van der Waals surface area contributed by atoms with Crippen LogP contribution in [0, 0.1) is 0 Å². The second kappa shape index (κ2) is 10.3. The molecule has 7 nitrogen and oxygen atoms in total. The molecule has 2 N–H and O–H groups in total. The van der Waals surface area contributed by atoms with Gasteiger partial charge in [-0.3, -0.25) is 4.79 Å². The fourth-order valence-corrected chi connectivity index (χ4v) is 2.37. The summed E-state index contributed by atoms with van der Waals surface area (Å²) in [6.45, 7) is -0.0524. The lowest BCUT2D eigenvalue weighted by molar-refractivity contribution is -0.178. The number of hydrogen-bond acceptors (Lipinski definition) is 7. The quantitative estimate of drug-likeness (QED) is 0.259. The van der Waals surface area contributed by atoms with E-state index < -0.39 is 30.3 Å². The molecule has 0 spiro atoms. The lowest BCUT2D eigenvalue weighted by Gasteiger charge is -2.15. The molecule has 32 heavy (non-hydrogen) atoms. The van der Waals surface area contributed by atoms with Gasteiger partial charge in [0, 0.05) is 6.42 Å². The normalized spacial score (nSPS) is 12.0. The van der Waals surface area contributed by atoms with Crippen molar-refractivity contribution in [3.05, 3.63) is 59.7 Å². The monoisotopic (exact) mass is 454 g/mol. The van der Waals surface area contributed by atoms with Gasteiger partial charge in [0.25, 0.3) is 0 Å². The molecule has 172 valence electrons. The van der Waals surface area contributed by atoms with E-state index in [1.165, 1.54) is 62.6 Å². The van der Waals surface area contributed by atoms with Crippen LogP contribution in [0.2, 0.25) is 0 Å². The Bertz CT molecular complexity index is 980. The molecule has 0 atom stereocenters.